The smallest absolute Gasteiger partial charge is 0.248 e. The first-order valence-electron chi connectivity index (χ1n) is 6.15. The molecule has 0 aromatic heterocycles. The van der Waals surface area contributed by atoms with Crippen LogP contribution in [0.5, 0.6) is 0 Å². The van der Waals surface area contributed by atoms with Gasteiger partial charge in [-0.3, -0.25) is 4.79 Å². The fourth-order valence-electron chi connectivity index (χ4n) is 1.82. The predicted octanol–water partition coefficient (Wildman–Crippen LogP) is 3.72. The number of amides is 1. The fourth-order valence-corrected chi connectivity index (χ4v) is 1.82. The van der Waals surface area contributed by atoms with Gasteiger partial charge in [-0.25, -0.2) is 0 Å². The number of rotatable bonds is 4. The van der Waals surface area contributed by atoms with Crippen molar-refractivity contribution in [1.29, 1.82) is 0 Å². The maximum Gasteiger partial charge on any atom is 0.248 e. The van der Waals surface area contributed by atoms with Crippen molar-refractivity contribution >= 4 is 11.6 Å². The summed E-state index contributed by atoms with van der Waals surface area (Å²) in [5.41, 5.74) is 4.38. The predicted molar refractivity (Wildman–Crippen MR) is 73.3 cm³/mol. The number of aryl methyl sites for hydroxylation is 2. The van der Waals surface area contributed by atoms with Crippen LogP contribution in [0.2, 0.25) is 0 Å². The molecule has 0 heterocycles. The molecule has 0 bridgehead atoms. The van der Waals surface area contributed by atoms with E-state index in [1.54, 1.807) is 6.08 Å². The van der Waals surface area contributed by atoms with E-state index in [2.05, 4.69) is 31.3 Å². The summed E-state index contributed by atoms with van der Waals surface area (Å²) in [5, 5.41) is 3.00. The van der Waals surface area contributed by atoms with Crippen LogP contribution in [0.4, 0.5) is 5.69 Å². The quantitative estimate of drug-likeness (QED) is 0.786. The molecule has 1 N–H and O–H groups in total. The van der Waals surface area contributed by atoms with Crippen LogP contribution in [-0.2, 0) is 17.6 Å². The molecule has 1 aromatic carbocycles. The topological polar surface area (TPSA) is 29.1 Å². The van der Waals surface area contributed by atoms with Crippen molar-refractivity contribution in [2.24, 2.45) is 0 Å². The minimum Gasteiger partial charge on any atom is -0.322 e. The van der Waals surface area contributed by atoms with E-state index in [1.807, 2.05) is 19.9 Å². The van der Waals surface area contributed by atoms with Crippen molar-refractivity contribution in [3.8, 4) is 0 Å². The van der Waals surface area contributed by atoms with Crippen LogP contribution < -0.4 is 5.32 Å². The van der Waals surface area contributed by atoms with E-state index in [0.29, 0.717) is 0 Å². The molecular weight excluding hydrogens is 210 g/mol. The molecule has 0 saturated carbocycles. The molecule has 2 nitrogen and oxygen atoms in total. The third-order valence-electron chi connectivity index (χ3n) is 2.67. The van der Waals surface area contributed by atoms with Crippen molar-refractivity contribution in [1.82, 2.24) is 0 Å². The Balaban J connectivity index is 3.03. The highest BCUT2D eigenvalue weighted by Crippen LogP contribution is 2.22. The molecule has 1 amide bonds. The van der Waals surface area contributed by atoms with Crippen molar-refractivity contribution in [2.45, 2.75) is 40.5 Å². The lowest BCUT2D eigenvalue weighted by Crippen LogP contribution is -2.12. The lowest BCUT2D eigenvalue weighted by molar-refractivity contribution is -0.112. The molecule has 2 heteroatoms. The van der Waals surface area contributed by atoms with Crippen molar-refractivity contribution in [3.63, 3.8) is 0 Å². The summed E-state index contributed by atoms with van der Waals surface area (Å²) < 4.78 is 0. The highest BCUT2D eigenvalue weighted by molar-refractivity contribution is 6.00. The van der Waals surface area contributed by atoms with Crippen LogP contribution in [-0.4, -0.2) is 5.91 Å². The second-order valence-electron chi connectivity index (χ2n) is 4.37. The molecule has 17 heavy (non-hydrogen) atoms. The molecule has 0 fully saturated rings. The highest BCUT2D eigenvalue weighted by atomic mass is 16.1. The van der Waals surface area contributed by atoms with Gasteiger partial charge >= 0.3 is 0 Å². The fraction of sp³-hybridized carbons (Fsp3) is 0.400. The third kappa shape index (κ3) is 3.74. The van der Waals surface area contributed by atoms with Gasteiger partial charge in [0.15, 0.2) is 0 Å². The normalized spacial score (nSPS) is 9.88. The SMILES string of the molecule is CCc1cccc(CC)c1NC(=O)C=C(C)C. The number of anilines is 1. The van der Waals surface area contributed by atoms with Gasteiger partial charge in [0.1, 0.15) is 0 Å². The minimum absolute atomic E-state index is 0.0411. The number of para-hydroxylation sites is 1. The van der Waals surface area contributed by atoms with Gasteiger partial charge < -0.3 is 5.32 Å². The standard InChI is InChI=1S/C15H21NO/c1-5-12-8-7-9-13(6-2)15(12)16-14(17)10-11(3)4/h7-10H,5-6H2,1-4H3,(H,16,17). The number of nitrogens with one attached hydrogen (secondary N) is 1. The molecule has 0 atom stereocenters. The van der Waals surface area contributed by atoms with Gasteiger partial charge in [-0.05, 0) is 37.8 Å². The average Bonchev–Trinajstić information content (AvgIpc) is 2.28. The average molecular weight is 231 g/mol. The molecular formula is C15H21NO. The molecule has 0 spiro atoms. The molecule has 1 rings (SSSR count). The summed E-state index contributed by atoms with van der Waals surface area (Å²) in [6, 6.07) is 6.18. The van der Waals surface area contributed by atoms with Gasteiger partial charge in [0.05, 0.1) is 0 Å². The van der Waals surface area contributed by atoms with Gasteiger partial charge in [-0.1, -0.05) is 37.6 Å². The first kappa shape index (κ1) is 13.5. The zero-order chi connectivity index (χ0) is 12.8. The van der Waals surface area contributed by atoms with Crippen LogP contribution >= 0.6 is 0 Å². The van der Waals surface area contributed by atoms with Gasteiger partial charge in [0.2, 0.25) is 5.91 Å². The van der Waals surface area contributed by atoms with E-state index in [9.17, 15) is 4.79 Å². The summed E-state index contributed by atoms with van der Waals surface area (Å²) in [4.78, 5) is 11.8. The Bertz CT molecular complexity index is 406. The lowest BCUT2D eigenvalue weighted by Gasteiger charge is -2.13. The summed E-state index contributed by atoms with van der Waals surface area (Å²) >= 11 is 0. The van der Waals surface area contributed by atoms with E-state index in [1.165, 1.54) is 11.1 Å². The zero-order valence-corrected chi connectivity index (χ0v) is 11.1. The van der Waals surface area contributed by atoms with Crippen LogP contribution in [0.15, 0.2) is 29.8 Å². The number of carbonyl (C=O) groups excluding carboxylic acids is 1. The van der Waals surface area contributed by atoms with Crippen LogP contribution in [0, 0.1) is 0 Å². The Morgan fingerprint density at radius 1 is 1.18 bits per heavy atom. The highest BCUT2D eigenvalue weighted by Gasteiger charge is 2.08. The van der Waals surface area contributed by atoms with E-state index in [-0.39, 0.29) is 5.91 Å². The molecule has 0 aliphatic heterocycles. The molecule has 1 aromatic rings. The molecule has 0 aliphatic carbocycles. The summed E-state index contributed by atoms with van der Waals surface area (Å²) in [6.07, 6.45) is 3.49. The maximum absolute atomic E-state index is 11.8. The number of hydrogen-bond donors (Lipinski definition) is 1. The maximum atomic E-state index is 11.8. The largest absolute Gasteiger partial charge is 0.322 e. The van der Waals surface area contributed by atoms with Gasteiger partial charge in [-0.15, -0.1) is 0 Å². The Kier molecular flexibility index (Phi) is 4.95. The van der Waals surface area contributed by atoms with Crippen LogP contribution in [0.1, 0.15) is 38.8 Å². The first-order valence-corrected chi connectivity index (χ1v) is 6.15. The Hall–Kier alpha value is -1.57. The number of allylic oxidation sites excluding steroid dienone is 1. The van der Waals surface area contributed by atoms with Gasteiger partial charge in [0.25, 0.3) is 0 Å². The summed E-state index contributed by atoms with van der Waals surface area (Å²) in [6.45, 7) is 8.05. The van der Waals surface area contributed by atoms with E-state index in [4.69, 9.17) is 0 Å². The van der Waals surface area contributed by atoms with E-state index in [0.717, 1.165) is 24.1 Å². The molecule has 0 radical (unpaired) electrons. The minimum atomic E-state index is -0.0411. The van der Waals surface area contributed by atoms with Crippen molar-refractivity contribution in [3.05, 3.63) is 41.0 Å². The van der Waals surface area contributed by atoms with E-state index < -0.39 is 0 Å². The third-order valence-corrected chi connectivity index (χ3v) is 2.67. The van der Waals surface area contributed by atoms with Gasteiger partial charge in [-0.2, -0.15) is 0 Å². The van der Waals surface area contributed by atoms with Crippen LogP contribution in [0.25, 0.3) is 0 Å². The van der Waals surface area contributed by atoms with Crippen molar-refractivity contribution in [2.75, 3.05) is 5.32 Å². The van der Waals surface area contributed by atoms with Crippen LogP contribution in [0.3, 0.4) is 0 Å². The zero-order valence-electron chi connectivity index (χ0n) is 11.1. The Morgan fingerprint density at radius 2 is 1.71 bits per heavy atom. The number of hydrogen-bond acceptors (Lipinski definition) is 1. The second-order valence-corrected chi connectivity index (χ2v) is 4.37. The summed E-state index contributed by atoms with van der Waals surface area (Å²) in [5.74, 6) is -0.0411. The Morgan fingerprint density at radius 3 is 2.12 bits per heavy atom. The number of benzene rings is 1. The number of carbonyl (C=O) groups is 1. The Labute approximate surface area is 104 Å². The molecule has 0 aliphatic rings. The molecule has 0 saturated heterocycles. The monoisotopic (exact) mass is 231 g/mol. The van der Waals surface area contributed by atoms with Crippen molar-refractivity contribution < 1.29 is 4.79 Å². The first-order chi connectivity index (χ1) is 8.08. The molecule has 92 valence electrons. The summed E-state index contributed by atoms with van der Waals surface area (Å²) in [7, 11) is 0. The second kappa shape index (κ2) is 6.24. The molecule has 0 unspecified atom stereocenters. The van der Waals surface area contributed by atoms with E-state index >= 15 is 0 Å². The lowest BCUT2D eigenvalue weighted by atomic mass is 10.0. The van der Waals surface area contributed by atoms with Gasteiger partial charge in [0, 0.05) is 11.8 Å².